The Kier molecular flexibility index (Phi) is 8.59. The average Bonchev–Trinajstić information content (AvgIpc) is 3.43. The number of aryl methyl sites for hydroxylation is 2. The lowest BCUT2D eigenvalue weighted by Crippen LogP contribution is -2.44. The Balaban J connectivity index is 1.25. The number of carbonyl (C=O) groups is 2. The van der Waals surface area contributed by atoms with Crippen molar-refractivity contribution in [1.29, 1.82) is 0 Å². The Morgan fingerprint density at radius 1 is 0.930 bits per heavy atom. The number of benzene rings is 2. The van der Waals surface area contributed by atoms with Gasteiger partial charge in [-0.1, -0.05) is 23.5 Å². The molecule has 4 aromatic rings. The van der Waals surface area contributed by atoms with Crippen LogP contribution in [0.4, 0.5) is 41.3 Å². The third-order valence-corrected chi connectivity index (χ3v) is 7.72. The molecule has 1 aliphatic rings. The Bertz CT molecular complexity index is 1650. The number of rotatable bonds is 7. The molecule has 0 bridgehead atoms. The van der Waals surface area contributed by atoms with Gasteiger partial charge in [-0.05, 0) is 56.8 Å². The minimum Gasteiger partial charge on any atom is -0.354 e. The van der Waals surface area contributed by atoms with E-state index in [9.17, 15) is 22.8 Å². The minimum absolute atomic E-state index is 0.139. The van der Waals surface area contributed by atoms with Gasteiger partial charge in [0.2, 0.25) is 0 Å². The molecule has 0 saturated carbocycles. The monoisotopic (exact) mass is 610 g/mol. The van der Waals surface area contributed by atoms with E-state index in [1.807, 2.05) is 13.0 Å². The minimum atomic E-state index is -4.56. The number of likely N-dealkylation sites (N-methyl/N-ethyl adjacent to an activating group) is 1. The fraction of sp³-hybridized carbons (Fsp3) is 0.276. The Hall–Kier alpha value is -4.56. The van der Waals surface area contributed by atoms with Crippen molar-refractivity contribution in [2.45, 2.75) is 20.0 Å². The van der Waals surface area contributed by atoms with E-state index in [0.717, 1.165) is 61.0 Å². The summed E-state index contributed by atoms with van der Waals surface area (Å²) >= 11 is 1.15. The van der Waals surface area contributed by atoms with Crippen molar-refractivity contribution in [1.82, 2.24) is 19.9 Å². The normalized spacial score (nSPS) is 14.0. The van der Waals surface area contributed by atoms with Crippen LogP contribution in [0.25, 0.3) is 0 Å². The summed E-state index contributed by atoms with van der Waals surface area (Å²) in [5.41, 5.74) is 0.408. The predicted octanol–water partition coefficient (Wildman–Crippen LogP) is 5.57. The van der Waals surface area contributed by atoms with Crippen molar-refractivity contribution in [2.24, 2.45) is 0 Å². The fourth-order valence-electron chi connectivity index (χ4n) is 4.42. The molecule has 0 radical (unpaired) electrons. The molecule has 1 saturated heterocycles. The molecule has 0 spiro atoms. The molecular formula is C29H29F3N8O2S. The van der Waals surface area contributed by atoms with Crippen molar-refractivity contribution in [3.05, 3.63) is 82.1 Å². The highest BCUT2D eigenvalue weighted by Crippen LogP contribution is 2.30. The van der Waals surface area contributed by atoms with Gasteiger partial charge in [-0.15, -0.1) is 0 Å². The zero-order valence-corrected chi connectivity index (χ0v) is 24.4. The molecule has 3 heterocycles. The van der Waals surface area contributed by atoms with Crippen molar-refractivity contribution in [3.8, 4) is 0 Å². The number of aromatic nitrogens is 3. The number of piperazine rings is 1. The van der Waals surface area contributed by atoms with Crippen LogP contribution >= 0.6 is 11.3 Å². The van der Waals surface area contributed by atoms with Gasteiger partial charge < -0.3 is 25.8 Å². The van der Waals surface area contributed by atoms with Crippen LogP contribution in [0, 0.1) is 13.8 Å². The van der Waals surface area contributed by atoms with Gasteiger partial charge in [0.25, 0.3) is 11.8 Å². The molecular weight excluding hydrogens is 581 g/mol. The summed E-state index contributed by atoms with van der Waals surface area (Å²) in [7, 11) is 2.09. The van der Waals surface area contributed by atoms with Gasteiger partial charge in [-0.25, -0.2) is 15.0 Å². The first-order valence-electron chi connectivity index (χ1n) is 13.4. The number of carbonyl (C=O) groups excluding carboxylic acids is 2. The summed E-state index contributed by atoms with van der Waals surface area (Å²) in [5, 5.41) is 9.05. The van der Waals surface area contributed by atoms with Crippen LogP contribution in [0.5, 0.6) is 0 Å². The van der Waals surface area contributed by atoms with Crippen LogP contribution in [-0.2, 0) is 6.18 Å². The SMILES string of the molecule is Cc1nc(Nc2ncc(C(=O)Nc3cc(NC(=O)c4cccc(C(F)(F)F)c4)ccc3C)s2)cc(N2CCN(C)CC2)n1. The molecule has 0 aliphatic carbocycles. The number of halogens is 3. The third-order valence-electron chi connectivity index (χ3n) is 6.81. The fourth-order valence-corrected chi connectivity index (χ4v) is 5.14. The van der Waals surface area contributed by atoms with Gasteiger partial charge in [0.1, 0.15) is 22.3 Å². The molecule has 0 unspecified atom stereocenters. The molecule has 14 heteroatoms. The van der Waals surface area contributed by atoms with E-state index >= 15 is 0 Å². The second-order valence-electron chi connectivity index (χ2n) is 10.1. The summed E-state index contributed by atoms with van der Waals surface area (Å²) in [5.74, 6) is 0.896. The molecule has 10 nitrogen and oxygen atoms in total. The topological polar surface area (TPSA) is 115 Å². The van der Waals surface area contributed by atoms with Gasteiger partial charge >= 0.3 is 6.18 Å². The second kappa shape index (κ2) is 12.4. The lowest BCUT2D eigenvalue weighted by molar-refractivity contribution is -0.137. The van der Waals surface area contributed by atoms with Gasteiger partial charge in [0, 0.05) is 49.2 Å². The molecule has 2 aromatic heterocycles. The third kappa shape index (κ3) is 7.45. The van der Waals surface area contributed by atoms with Crippen LogP contribution in [0.3, 0.4) is 0 Å². The number of anilines is 5. The highest BCUT2D eigenvalue weighted by Gasteiger charge is 2.31. The maximum Gasteiger partial charge on any atom is 0.416 e. The highest BCUT2D eigenvalue weighted by atomic mass is 32.1. The number of nitrogens with one attached hydrogen (secondary N) is 3. The number of amides is 2. The summed E-state index contributed by atoms with van der Waals surface area (Å²) in [6.07, 6.45) is -3.11. The van der Waals surface area contributed by atoms with Crippen LogP contribution in [0.2, 0.25) is 0 Å². The molecule has 1 fully saturated rings. The lowest BCUT2D eigenvalue weighted by Gasteiger charge is -2.33. The maximum absolute atomic E-state index is 13.1. The Morgan fingerprint density at radius 3 is 2.44 bits per heavy atom. The predicted molar refractivity (Wildman–Crippen MR) is 160 cm³/mol. The van der Waals surface area contributed by atoms with E-state index in [4.69, 9.17) is 0 Å². The molecule has 3 N–H and O–H groups in total. The Morgan fingerprint density at radius 2 is 1.70 bits per heavy atom. The number of thiazole rings is 1. The highest BCUT2D eigenvalue weighted by molar-refractivity contribution is 7.17. The van der Waals surface area contributed by atoms with Crippen LogP contribution in [-0.4, -0.2) is 64.9 Å². The molecule has 2 aromatic carbocycles. The van der Waals surface area contributed by atoms with E-state index in [-0.39, 0.29) is 5.56 Å². The van der Waals surface area contributed by atoms with Crippen LogP contribution in [0.1, 0.15) is 37.0 Å². The Labute approximate surface area is 250 Å². The van der Waals surface area contributed by atoms with Crippen molar-refractivity contribution in [3.63, 3.8) is 0 Å². The molecule has 1 aliphatic heterocycles. The maximum atomic E-state index is 13.1. The van der Waals surface area contributed by atoms with E-state index in [0.29, 0.717) is 33.0 Å². The summed E-state index contributed by atoms with van der Waals surface area (Å²) < 4.78 is 39.2. The first-order chi connectivity index (χ1) is 20.4. The lowest BCUT2D eigenvalue weighted by atomic mass is 10.1. The number of alkyl halides is 3. The van der Waals surface area contributed by atoms with Gasteiger partial charge in [-0.3, -0.25) is 9.59 Å². The first-order valence-corrected chi connectivity index (χ1v) is 14.2. The van der Waals surface area contributed by atoms with Crippen molar-refractivity contribution in [2.75, 3.05) is 54.1 Å². The largest absolute Gasteiger partial charge is 0.416 e. The van der Waals surface area contributed by atoms with Gasteiger partial charge in [-0.2, -0.15) is 13.2 Å². The molecule has 0 atom stereocenters. The smallest absolute Gasteiger partial charge is 0.354 e. The first kappa shape index (κ1) is 29.9. The second-order valence-corrected chi connectivity index (χ2v) is 11.2. The summed E-state index contributed by atoms with van der Waals surface area (Å²) in [4.78, 5) is 43.9. The molecule has 5 rings (SSSR count). The molecule has 43 heavy (non-hydrogen) atoms. The van der Waals surface area contributed by atoms with Crippen LogP contribution < -0.4 is 20.9 Å². The number of hydrogen-bond donors (Lipinski definition) is 3. The average molecular weight is 611 g/mol. The number of hydrogen-bond acceptors (Lipinski definition) is 9. The van der Waals surface area contributed by atoms with Gasteiger partial charge in [0.15, 0.2) is 5.13 Å². The van der Waals surface area contributed by atoms with E-state index < -0.39 is 23.6 Å². The molecule has 2 amide bonds. The zero-order valence-electron chi connectivity index (χ0n) is 23.6. The van der Waals surface area contributed by atoms with E-state index in [1.54, 1.807) is 25.1 Å². The van der Waals surface area contributed by atoms with Crippen LogP contribution in [0.15, 0.2) is 54.7 Å². The standard InChI is InChI=1S/C29H29F3N8O2S/c1-17-7-8-21(36-26(41)19-5-4-6-20(13-19)29(30,31)32)14-22(17)37-27(42)23-16-33-28(43-23)38-24-15-25(35-18(2)34-24)40-11-9-39(3)10-12-40/h4-8,13-16H,9-12H2,1-3H3,(H,36,41)(H,37,42)(H,33,34,35,38). The summed E-state index contributed by atoms with van der Waals surface area (Å²) in [6, 6.07) is 10.9. The quantitative estimate of drug-likeness (QED) is 0.249. The van der Waals surface area contributed by atoms with Crippen molar-refractivity contribution < 1.29 is 22.8 Å². The van der Waals surface area contributed by atoms with Crippen molar-refractivity contribution >= 4 is 51.3 Å². The molecule has 224 valence electrons. The van der Waals surface area contributed by atoms with Gasteiger partial charge in [0.05, 0.1) is 11.8 Å². The van der Waals surface area contributed by atoms with E-state index in [1.165, 1.54) is 18.3 Å². The number of nitrogens with zero attached hydrogens (tertiary/aromatic N) is 5. The zero-order chi connectivity index (χ0) is 30.7. The summed E-state index contributed by atoms with van der Waals surface area (Å²) in [6.45, 7) is 7.22. The van der Waals surface area contributed by atoms with E-state index in [2.05, 4.69) is 47.7 Å².